The average molecular weight is 490 g/mol. The van der Waals surface area contributed by atoms with Crippen molar-refractivity contribution in [2.24, 2.45) is 4.99 Å². The molecule has 1 N–H and O–H groups in total. The van der Waals surface area contributed by atoms with Crippen LogP contribution in [0.25, 0.3) is 28.1 Å². The fourth-order valence-electron chi connectivity index (χ4n) is 5.29. The Morgan fingerprint density at radius 3 is 2.49 bits per heavy atom. The highest BCUT2D eigenvalue weighted by Gasteiger charge is 2.21. The molecule has 0 radical (unpaired) electrons. The lowest BCUT2D eigenvalue weighted by molar-refractivity contribution is 0.0663. The van der Waals surface area contributed by atoms with Crippen molar-refractivity contribution in [2.45, 2.75) is 44.8 Å². The number of hydrogen-bond donors (Lipinski definition) is 1. The first-order chi connectivity index (χ1) is 18.2. The second-order valence-electron chi connectivity index (χ2n) is 9.80. The van der Waals surface area contributed by atoms with Gasteiger partial charge < -0.3 is 14.6 Å². The molecular formula is C31H31N5O. The number of ether oxygens (including phenoxy) is 1. The van der Waals surface area contributed by atoms with Gasteiger partial charge in [0.1, 0.15) is 0 Å². The van der Waals surface area contributed by atoms with Crippen molar-refractivity contribution in [3.8, 4) is 17.1 Å². The van der Waals surface area contributed by atoms with Crippen molar-refractivity contribution in [1.82, 2.24) is 14.5 Å². The summed E-state index contributed by atoms with van der Waals surface area (Å²) in [4.78, 5) is 14.7. The number of fused-ring (bicyclic) bond motifs is 2. The minimum Gasteiger partial charge on any atom is -0.381 e. The van der Waals surface area contributed by atoms with Gasteiger partial charge in [-0.3, -0.25) is 9.98 Å². The van der Waals surface area contributed by atoms with Crippen LogP contribution in [0, 0.1) is 6.92 Å². The molecule has 0 spiro atoms. The van der Waals surface area contributed by atoms with Gasteiger partial charge in [-0.25, -0.2) is 4.98 Å². The molecule has 1 aliphatic heterocycles. The Morgan fingerprint density at radius 2 is 1.70 bits per heavy atom. The van der Waals surface area contributed by atoms with Gasteiger partial charge in [-0.05, 0) is 80.6 Å². The molecule has 0 bridgehead atoms. The van der Waals surface area contributed by atoms with Crippen LogP contribution in [0.3, 0.4) is 0 Å². The molecule has 2 aliphatic carbocycles. The lowest BCUT2D eigenvalue weighted by atomic mass is 9.93. The molecule has 0 amide bonds. The summed E-state index contributed by atoms with van der Waals surface area (Å²) in [5.74, 6) is 0. The monoisotopic (exact) mass is 489 g/mol. The molecule has 186 valence electrons. The van der Waals surface area contributed by atoms with Crippen LogP contribution in [0.4, 0.5) is 11.4 Å². The standard InChI is InChI=1S/C31H31N5O/c1-21-16-23(20-32-19-21)34-27-17-29-31(18-28(27)33-22-12-14-25(37-2)15-13-22)36(24-8-4-3-5-9-24)30-11-7-6-10-26(30)35-29/h3-11,16-20,22,25,34H,12-15H2,1-2H3. The second-order valence-corrected chi connectivity index (χ2v) is 9.80. The number of hydrogen-bond acceptors (Lipinski definition) is 5. The Hall–Kier alpha value is -4.03. The molecule has 0 atom stereocenters. The van der Waals surface area contributed by atoms with E-state index in [1.165, 1.54) is 0 Å². The van der Waals surface area contributed by atoms with Gasteiger partial charge in [0.15, 0.2) is 0 Å². The van der Waals surface area contributed by atoms with E-state index in [0.29, 0.717) is 6.10 Å². The number of aromatic nitrogens is 3. The Bertz CT molecular complexity index is 1570. The van der Waals surface area contributed by atoms with E-state index >= 15 is 0 Å². The zero-order valence-corrected chi connectivity index (χ0v) is 21.3. The predicted molar refractivity (Wildman–Crippen MR) is 149 cm³/mol. The minimum atomic E-state index is 0.263. The third kappa shape index (κ3) is 4.85. The van der Waals surface area contributed by atoms with Crippen LogP contribution >= 0.6 is 0 Å². The molecule has 1 fully saturated rings. The first-order valence-electron chi connectivity index (χ1n) is 12.9. The first-order valence-corrected chi connectivity index (χ1v) is 12.9. The van der Waals surface area contributed by atoms with Crippen LogP contribution in [0.5, 0.6) is 0 Å². The highest BCUT2D eigenvalue weighted by Crippen LogP contribution is 2.31. The van der Waals surface area contributed by atoms with Crippen LogP contribution in [-0.4, -0.2) is 33.8 Å². The van der Waals surface area contributed by atoms with E-state index in [-0.39, 0.29) is 6.04 Å². The van der Waals surface area contributed by atoms with E-state index in [1.807, 2.05) is 31.6 Å². The molecular weight excluding hydrogens is 458 g/mol. The van der Waals surface area contributed by atoms with Gasteiger partial charge in [0.05, 0.1) is 57.5 Å². The summed E-state index contributed by atoms with van der Waals surface area (Å²) < 4.78 is 7.88. The van der Waals surface area contributed by atoms with Crippen molar-refractivity contribution in [3.63, 3.8) is 0 Å². The number of methoxy groups -OCH3 is 1. The highest BCUT2D eigenvalue weighted by molar-refractivity contribution is 5.84. The third-order valence-electron chi connectivity index (χ3n) is 7.16. The van der Waals surface area contributed by atoms with Crippen LogP contribution in [-0.2, 0) is 4.74 Å². The van der Waals surface area contributed by atoms with E-state index in [9.17, 15) is 0 Å². The maximum atomic E-state index is 5.59. The predicted octanol–water partition coefficient (Wildman–Crippen LogP) is 6.44. The number of rotatable bonds is 5. The number of pyridine rings is 1. The molecule has 0 unspecified atom stereocenters. The molecule has 3 aliphatic rings. The van der Waals surface area contributed by atoms with Gasteiger partial charge in [-0.15, -0.1) is 0 Å². The van der Waals surface area contributed by atoms with Gasteiger partial charge >= 0.3 is 0 Å². The van der Waals surface area contributed by atoms with Gasteiger partial charge in [-0.2, -0.15) is 0 Å². The molecule has 6 heteroatoms. The Kier molecular flexibility index (Phi) is 6.41. The fourth-order valence-corrected chi connectivity index (χ4v) is 5.29. The zero-order valence-electron chi connectivity index (χ0n) is 21.3. The molecule has 1 saturated carbocycles. The van der Waals surface area contributed by atoms with Gasteiger partial charge in [0, 0.05) is 19.0 Å². The van der Waals surface area contributed by atoms with Crippen LogP contribution in [0.1, 0.15) is 31.2 Å². The minimum absolute atomic E-state index is 0.263. The van der Waals surface area contributed by atoms with Crippen molar-refractivity contribution < 1.29 is 4.74 Å². The van der Waals surface area contributed by atoms with Gasteiger partial charge in [0.2, 0.25) is 0 Å². The number of nitrogens with one attached hydrogen (secondary N) is 1. The smallest absolute Gasteiger partial charge is 0.0900 e. The van der Waals surface area contributed by atoms with Crippen molar-refractivity contribution in [3.05, 3.63) is 96.1 Å². The third-order valence-corrected chi connectivity index (χ3v) is 7.16. The maximum absolute atomic E-state index is 5.59. The van der Waals surface area contributed by atoms with E-state index in [0.717, 1.165) is 76.1 Å². The molecule has 0 saturated heterocycles. The van der Waals surface area contributed by atoms with E-state index in [4.69, 9.17) is 14.7 Å². The quantitative estimate of drug-likeness (QED) is 0.289. The number of anilines is 2. The lowest BCUT2D eigenvalue weighted by Crippen LogP contribution is -2.25. The first kappa shape index (κ1) is 23.4. The Labute approximate surface area is 217 Å². The molecule has 3 aromatic rings. The van der Waals surface area contributed by atoms with E-state index in [1.54, 1.807) is 0 Å². The van der Waals surface area contributed by atoms with Crippen molar-refractivity contribution in [1.29, 1.82) is 0 Å². The highest BCUT2D eigenvalue weighted by atomic mass is 16.5. The number of nitrogens with zero attached hydrogens (tertiary/aromatic N) is 4. The summed E-state index contributed by atoms with van der Waals surface area (Å²) in [6, 6.07) is 25.4. The largest absolute Gasteiger partial charge is 0.381 e. The SMILES string of the molecule is COC1CCC(N=c2cc3n(-c4ccccc4)c4ccccc4nc-3cc2Nc2cncc(C)c2)CC1. The Balaban J connectivity index is 1.57. The normalized spacial score (nSPS) is 18.4. The molecule has 6 nitrogen and oxygen atoms in total. The van der Waals surface area contributed by atoms with Crippen LogP contribution < -0.4 is 10.7 Å². The number of para-hydroxylation sites is 3. The summed E-state index contributed by atoms with van der Waals surface area (Å²) >= 11 is 0. The van der Waals surface area contributed by atoms with E-state index in [2.05, 4.69) is 82.5 Å². The molecule has 37 heavy (non-hydrogen) atoms. The van der Waals surface area contributed by atoms with E-state index < -0.39 is 0 Å². The topological polar surface area (TPSA) is 64.3 Å². The Morgan fingerprint density at radius 1 is 0.919 bits per heavy atom. The zero-order chi connectivity index (χ0) is 25.2. The summed E-state index contributed by atoms with van der Waals surface area (Å²) in [7, 11) is 1.81. The average Bonchev–Trinajstić information content (AvgIpc) is 2.93. The second kappa shape index (κ2) is 10.1. The molecule has 2 heterocycles. The van der Waals surface area contributed by atoms with Gasteiger partial charge in [0.25, 0.3) is 0 Å². The van der Waals surface area contributed by atoms with Crippen molar-refractivity contribution >= 4 is 22.4 Å². The lowest BCUT2D eigenvalue weighted by Gasteiger charge is -2.25. The van der Waals surface area contributed by atoms with Crippen LogP contribution in [0.15, 0.2) is 90.2 Å². The fraction of sp³-hybridized carbons (Fsp3) is 0.258. The number of benzene rings is 3. The summed E-state index contributed by atoms with van der Waals surface area (Å²) in [6.07, 6.45) is 8.19. The molecule has 1 aromatic heterocycles. The maximum Gasteiger partial charge on any atom is 0.0900 e. The van der Waals surface area contributed by atoms with Crippen molar-refractivity contribution in [2.75, 3.05) is 12.4 Å². The number of aryl methyl sites for hydroxylation is 1. The summed E-state index contributed by atoms with van der Waals surface area (Å²) in [5.41, 5.74) is 8.04. The van der Waals surface area contributed by atoms with Crippen LogP contribution in [0.2, 0.25) is 0 Å². The molecule has 6 rings (SSSR count). The summed E-state index contributed by atoms with van der Waals surface area (Å²) in [6.45, 7) is 2.05. The molecule has 2 aromatic carbocycles. The van der Waals surface area contributed by atoms with Gasteiger partial charge in [-0.1, -0.05) is 30.3 Å². The summed E-state index contributed by atoms with van der Waals surface area (Å²) in [5, 5.41) is 4.53.